The largest absolute Gasteiger partial charge is 0.143 e. The molecule has 0 bridgehead atoms. The maximum atomic E-state index is 6.44. The van der Waals surface area contributed by atoms with Gasteiger partial charge in [0.05, 0.1) is 8.81 Å². The topological polar surface area (TPSA) is 0 Å². The average molecular weight is 356 g/mol. The first-order chi connectivity index (χ1) is 7.49. The van der Waals surface area contributed by atoms with Crippen LogP contribution in [-0.4, -0.2) is 0 Å². The summed E-state index contributed by atoms with van der Waals surface area (Å²) >= 11 is 19.2. The zero-order valence-corrected chi connectivity index (χ0v) is 13.4. The van der Waals surface area contributed by atoms with Crippen LogP contribution in [0, 0.1) is 13.8 Å². The molecule has 0 amide bonds. The van der Waals surface area contributed by atoms with Crippen LogP contribution in [0.3, 0.4) is 0 Å². The van der Waals surface area contributed by atoms with Gasteiger partial charge in [-0.1, -0.05) is 11.6 Å². The van der Waals surface area contributed by atoms with Crippen LogP contribution in [0.4, 0.5) is 0 Å². The molecular weight excluding hydrogens is 347 g/mol. The third-order valence-corrected chi connectivity index (χ3v) is 6.83. The molecule has 0 nitrogen and oxygen atoms in total. The molecule has 86 valence electrons. The fourth-order valence-electron chi connectivity index (χ4n) is 1.36. The molecule has 2 rings (SSSR count). The summed E-state index contributed by atoms with van der Waals surface area (Å²) in [6, 6.07) is 4.08. The van der Waals surface area contributed by atoms with Gasteiger partial charge in [0.25, 0.3) is 0 Å². The Bertz CT molecular complexity index is 431. The first kappa shape index (κ1) is 12.9. The van der Waals surface area contributed by atoms with Gasteiger partial charge in [-0.3, -0.25) is 0 Å². The lowest BCUT2D eigenvalue weighted by Crippen LogP contribution is -1.84. The Balaban J connectivity index is 2.34. The number of alkyl halides is 1. The highest BCUT2D eigenvalue weighted by Crippen LogP contribution is 2.42. The number of hydrogen-bond donors (Lipinski definition) is 0. The molecule has 0 N–H and O–H groups in total. The molecule has 0 aromatic carbocycles. The summed E-state index contributed by atoms with van der Waals surface area (Å²) in [6.07, 6.45) is 0. The molecule has 5 heteroatoms. The van der Waals surface area contributed by atoms with Crippen molar-refractivity contribution in [2.45, 2.75) is 19.2 Å². The molecule has 16 heavy (non-hydrogen) atoms. The summed E-state index contributed by atoms with van der Waals surface area (Å²) in [6.45, 7) is 4.22. The lowest BCUT2D eigenvalue weighted by atomic mass is 10.2. The van der Waals surface area contributed by atoms with Crippen molar-refractivity contribution in [2.75, 3.05) is 0 Å². The fraction of sp³-hybridized carbons (Fsp3) is 0.273. The van der Waals surface area contributed by atoms with Crippen molar-refractivity contribution in [3.63, 3.8) is 0 Å². The second-order valence-electron chi connectivity index (χ2n) is 3.52. The van der Waals surface area contributed by atoms with Gasteiger partial charge >= 0.3 is 0 Å². The van der Waals surface area contributed by atoms with E-state index in [1.54, 1.807) is 22.7 Å². The first-order valence-electron chi connectivity index (χ1n) is 4.64. The van der Waals surface area contributed by atoms with Crippen molar-refractivity contribution in [3.05, 3.63) is 41.1 Å². The zero-order valence-electron chi connectivity index (χ0n) is 8.68. The Labute approximate surface area is 121 Å². The van der Waals surface area contributed by atoms with E-state index in [0.717, 1.165) is 13.7 Å². The van der Waals surface area contributed by atoms with Crippen LogP contribution in [0.15, 0.2) is 15.9 Å². The van der Waals surface area contributed by atoms with E-state index in [2.05, 4.69) is 35.8 Å². The van der Waals surface area contributed by atoms with Gasteiger partial charge in [0, 0.05) is 14.6 Å². The maximum Gasteiger partial charge on any atom is 0.102 e. The smallest absolute Gasteiger partial charge is 0.102 e. The van der Waals surface area contributed by atoms with Crippen molar-refractivity contribution in [1.29, 1.82) is 0 Å². The number of thiophene rings is 2. The van der Waals surface area contributed by atoms with E-state index in [9.17, 15) is 0 Å². The molecule has 0 saturated carbocycles. The van der Waals surface area contributed by atoms with Crippen LogP contribution in [0.2, 0.25) is 5.02 Å². The van der Waals surface area contributed by atoms with Crippen molar-refractivity contribution in [1.82, 2.24) is 0 Å². The van der Waals surface area contributed by atoms with E-state index in [0.29, 0.717) is 0 Å². The molecule has 0 aliphatic rings. The molecule has 0 saturated heterocycles. The monoisotopic (exact) mass is 354 g/mol. The number of aryl methyl sites for hydroxylation is 2. The van der Waals surface area contributed by atoms with Gasteiger partial charge < -0.3 is 0 Å². The molecular formula is C11H9BrCl2S2. The molecule has 0 spiro atoms. The van der Waals surface area contributed by atoms with Crippen molar-refractivity contribution >= 4 is 61.8 Å². The summed E-state index contributed by atoms with van der Waals surface area (Å²) in [5, 5.41) is 0.641. The molecule has 1 unspecified atom stereocenters. The van der Waals surface area contributed by atoms with Crippen LogP contribution in [-0.2, 0) is 0 Å². The Kier molecular flexibility index (Phi) is 4.02. The Morgan fingerprint density at radius 2 is 1.81 bits per heavy atom. The van der Waals surface area contributed by atoms with Gasteiger partial charge in [-0.05, 0) is 47.5 Å². The van der Waals surface area contributed by atoms with Crippen LogP contribution < -0.4 is 0 Å². The second kappa shape index (κ2) is 4.99. The lowest BCUT2D eigenvalue weighted by Gasteiger charge is -2.02. The van der Waals surface area contributed by atoms with Gasteiger partial charge in [-0.25, -0.2) is 0 Å². The highest BCUT2D eigenvalue weighted by Gasteiger charge is 2.17. The lowest BCUT2D eigenvalue weighted by molar-refractivity contribution is 1.23. The van der Waals surface area contributed by atoms with Crippen LogP contribution in [0.25, 0.3) is 0 Å². The molecule has 0 radical (unpaired) electrons. The molecule has 2 heterocycles. The number of hydrogen-bond acceptors (Lipinski definition) is 2. The predicted octanol–water partition coefficient (Wildman–Crippen LogP) is 6.17. The standard InChI is InChI=1S/C11H9BrCl2S2/c1-5-3-8(15-6(5)2)10(14)9-4-7(13)11(12)16-9/h3-4,10H,1-2H3. The summed E-state index contributed by atoms with van der Waals surface area (Å²) in [5.74, 6) is 0. The van der Waals surface area contributed by atoms with Gasteiger partial charge in [-0.15, -0.1) is 34.3 Å². The first-order valence-corrected chi connectivity index (χ1v) is 7.89. The second-order valence-corrected chi connectivity index (χ2v) is 8.05. The summed E-state index contributed by atoms with van der Waals surface area (Å²) in [7, 11) is 0. The summed E-state index contributed by atoms with van der Waals surface area (Å²) in [5.41, 5.74) is 1.30. The van der Waals surface area contributed by atoms with Gasteiger partial charge in [0.1, 0.15) is 5.38 Å². The van der Waals surface area contributed by atoms with Crippen molar-refractivity contribution in [2.24, 2.45) is 0 Å². The highest BCUT2D eigenvalue weighted by molar-refractivity contribution is 9.11. The highest BCUT2D eigenvalue weighted by atomic mass is 79.9. The van der Waals surface area contributed by atoms with E-state index in [-0.39, 0.29) is 5.38 Å². The normalized spacial score (nSPS) is 13.1. The van der Waals surface area contributed by atoms with Crippen molar-refractivity contribution < 1.29 is 0 Å². The van der Waals surface area contributed by atoms with E-state index in [1.807, 2.05) is 6.07 Å². The van der Waals surface area contributed by atoms with Crippen molar-refractivity contribution in [3.8, 4) is 0 Å². The third kappa shape index (κ3) is 2.49. The van der Waals surface area contributed by atoms with Crippen LogP contribution in [0.1, 0.15) is 25.6 Å². The Morgan fingerprint density at radius 1 is 1.19 bits per heavy atom. The zero-order chi connectivity index (χ0) is 11.9. The molecule has 0 aliphatic carbocycles. The summed E-state index contributed by atoms with van der Waals surface area (Å²) in [4.78, 5) is 3.59. The fourth-order valence-corrected chi connectivity index (χ4v) is 4.61. The van der Waals surface area contributed by atoms with E-state index in [1.165, 1.54) is 15.3 Å². The van der Waals surface area contributed by atoms with Gasteiger partial charge in [0.15, 0.2) is 0 Å². The van der Waals surface area contributed by atoms with E-state index < -0.39 is 0 Å². The molecule has 2 aromatic heterocycles. The number of halogens is 3. The minimum Gasteiger partial charge on any atom is -0.143 e. The SMILES string of the molecule is Cc1cc(C(Cl)c2cc(Cl)c(Br)s2)sc1C. The average Bonchev–Trinajstić information content (AvgIpc) is 2.72. The molecule has 2 aromatic rings. The molecule has 0 fully saturated rings. The van der Waals surface area contributed by atoms with E-state index in [4.69, 9.17) is 23.2 Å². The third-order valence-electron chi connectivity index (χ3n) is 2.35. The van der Waals surface area contributed by atoms with Gasteiger partial charge in [0.2, 0.25) is 0 Å². The molecule has 0 aliphatic heterocycles. The number of rotatable bonds is 2. The Morgan fingerprint density at radius 3 is 2.25 bits per heavy atom. The molecule has 1 atom stereocenters. The van der Waals surface area contributed by atoms with Gasteiger partial charge in [-0.2, -0.15) is 0 Å². The van der Waals surface area contributed by atoms with Crippen LogP contribution >= 0.6 is 61.8 Å². The predicted molar refractivity (Wildman–Crippen MR) is 78.5 cm³/mol. The minimum absolute atomic E-state index is 0.0915. The minimum atomic E-state index is -0.0915. The Hall–Kier alpha value is 0.460. The summed E-state index contributed by atoms with van der Waals surface area (Å²) < 4.78 is 0.944. The van der Waals surface area contributed by atoms with Crippen LogP contribution in [0.5, 0.6) is 0 Å². The quantitative estimate of drug-likeness (QED) is 0.565. The van der Waals surface area contributed by atoms with E-state index >= 15 is 0 Å². The maximum absolute atomic E-state index is 6.44.